The first-order chi connectivity index (χ1) is 9.38. The fraction of sp³-hybridized carbons (Fsp3) is 0.500. The highest BCUT2D eigenvalue weighted by atomic mass is 19.4. The van der Waals surface area contributed by atoms with Gasteiger partial charge in [-0.25, -0.2) is 0 Å². The number of likely N-dealkylation sites (tertiary alicyclic amines) is 1. The largest absolute Gasteiger partial charge is 0.418 e. The van der Waals surface area contributed by atoms with Gasteiger partial charge in [0.05, 0.1) is 11.3 Å². The van der Waals surface area contributed by atoms with Crippen LogP contribution >= 0.6 is 0 Å². The lowest BCUT2D eigenvalue weighted by Crippen LogP contribution is -2.30. The molecular formula is C14H17F3N2O. The van der Waals surface area contributed by atoms with Crippen molar-refractivity contribution in [3.8, 4) is 0 Å². The van der Waals surface area contributed by atoms with Crippen LogP contribution in [-0.4, -0.2) is 30.4 Å². The van der Waals surface area contributed by atoms with E-state index in [-0.39, 0.29) is 24.1 Å². The van der Waals surface area contributed by atoms with Gasteiger partial charge in [-0.1, -0.05) is 12.1 Å². The molecule has 110 valence electrons. The van der Waals surface area contributed by atoms with Gasteiger partial charge in [-0.05, 0) is 38.6 Å². The van der Waals surface area contributed by atoms with Gasteiger partial charge in [-0.15, -0.1) is 0 Å². The van der Waals surface area contributed by atoms with Gasteiger partial charge in [0.25, 0.3) is 0 Å². The Hall–Kier alpha value is -1.56. The Balaban J connectivity index is 2.04. The second-order valence-corrected chi connectivity index (χ2v) is 5.07. The van der Waals surface area contributed by atoms with E-state index in [9.17, 15) is 18.0 Å². The highest BCUT2D eigenvalue weighted by Crippen LogP contribution is 2.34. The number of alkyl halides is 3. The molecule has 0 aliphatic carbocycles. The molecule has 2 rings (SSSR count). The number of carbonyl (C=O) groups excluding carboxylic acids is 1. The zero-order valence-electron chi connectivity index (χ0n) is 11.2. The number of nitrogens with zero attached hydrogens (tertiary/aromatic N) is 1. The zero-order chi connectivity index (χ0) is 14.8. The van der Waals surface area contributed by atoms with E-state index < -0.39 is 11.7 Å². The van der Waals surface area contributed by atoms with Crippen molar-refractivity contribution in [2.24, 2.45) is 0 Å². The summed E-state index contributed by atoms with van der Waals surface area (Å²) < 4.78 is 38.4. The van der Waals surface area contributed by atoms with Gasteiger partial charge in [-0.2, -0.15) is 13.2 Å². The molecule has 0 spiro atoms. The third kappa shape index (κ3) is 3.50. The molecule has 3 nitrogen and oxygen atoms in total. The summed E-state index contributed by atoms with van der Waals surface area (Å²) >= 11 is 0. The Morgan fingerprint density at radius 2 is 2.10 bits per heavy atom. The molecule has 1 aromatic carbocycles. The summed E-state index contributed by atoms with van der Waals surface area (Å²) in [4.78, 5) is 14.0. The van der Waals surface area contributed by atoms with Gasteiger partial charge < -0.3 is 10.2 Å². The monoisotopic (exact) mass is 286 g/mol. The quantitative estimate of drug-likeness (QED) is 0.926. The number of hydrogen-bond acceptors (Lipinski definition) is 2. The van der Waals surface area contributed by atoms with Gasteiger partial charge in [-0.3, -0.25) is 4.79 Å². The minimum Gasteiger partial charge on any atom is -0.325 e. The Labute approximate surface area is 115 Å². The van der Waals surface area contributed by atoms with E-state index >= 15 is 0 Å². The van der Waals surface area contributed by atoms with Crippen LogP contribution in [0.25, 0.3) is 0 Å². The minimum absolute atomic E-state index is 0.119. The van der Waals surface area contributed by atoms with Crippen molar-refractivity contribution >= 4 is 11.6 Å². The first-order valence-corrected chi connectivity index (χ1v) is 6.54. The van der Waals surface area contributed by atoms with Crippen LogP contribution in [0.3, 0.4) is 0 Å². The molecule has 0 saturated carbocycles. The van der Waals surface area contributed by atoms with Crippen molar-refractivity contribution in [1.82, 2.24) is 4.90 Å². The van der Waals surface area contributed by atoms with Crippen LogP contribution in [0.15, 0.2) is 24.3 Å². The molecule has 1 amide bonds. The van der Waals surface area contributed by atoms with Crippen LogP contribution < -0.4 is 5.32 Å². The van der Waals surface area contributed by atoms with Crippen LogP contribution in [0.2, 0.25) is 0 Å². The molecule has 1 atom stereocenters. The van der Waals surface area contributed by atoms with E-state index in [1.165, 1.54) is 18.2 Å². The predicted octanol–water partition coefficient (Wildman–Crippen LogP) is 3.13. The van der Waals surface area contributed by atoms with E-state index in [2.05, 4.69) is 10.2 Å². The van der Waals surface area contributed by atoms with Crippen molar-refractivity contribution in [3.63, 3.8) is 0 Å². The average molecular weight is 286 g/mol. The SMILES string of the molecule is CN1CCCC1CC(=O)Nc1ccccc1C(F)(F)F. The average Bonchev–Trinajstić information content (AvgIpc) is 2.74. The molecule has 1 aliphatic heterocycles. The van der Waals surface area contributed by atoms with Crippen LogP contribution in [0.5, 0.6) is 0 Å². The fourth-order valence-corrected chi connectivity index (χ4v) is 2.49. The van der Waals surface area contributed by atoms with E-state index in [1.54, 1.807) is 0 Å². The van der Waals surface area contributed by atoms with Crippen molar-refractivity contribution in [2.45, 2.75) is 31.5 Å². The second-order valence-electron chi connectivity index (χ2n) is 5.07. The molecule has 0 bridgehead atoms. The van der Waals surface area contributed by atoms with E-state index in [0.717, 1.165) is 25.5 Å². The zero-order valence-corrected chi connectivity index (χ0v) is 11.2. The van der Waals surface area contributed by atoms with E-state index in [4.69, 9.17) is 0 Å². The lowest BCUT2D eigenvalue weighted by Gasteiger charge is -2.19. The third-order valence-corrected chi connectivity index (χ3v) is 3.60. The lowest BCUT2D eigenvalue weighted by molar-refractivity contribution is -0.137. The molecular weight excluding hydrogens is 269 g/mol. The molecule has 6 heteroatoms. The number of carbonyl (C=O) groups is 1. The van der Waals surface area contributed by atoms with Gasteiger partial charge >= 0.3 is 6.18 Å². The molecule has 1 heterocycles. The molecule has 0 radical (unpaired) electrons. The molecule has 20 heavy (non-hydrogen) atoms. The number of amides is 1. The maximum atomic E-state index is 12.8. The summed E-state index contributed by atoms with van der Waals surface area (Å²) in [6.45, 7) is 0.928. The van der Waals surface area contributed by atoms with Gasteiger partial charge in [0.1, 0.15) is 0 Å². The topological polar surface area (TPSA) is 32.3 Å². The van der Waals surface area contributed by atoms with E-state index in [0.29, 0.717) is 0 Å². The Bertz CT molecular complexity index is 488. The number of nitrogens with one attached hydrogen (secondary N) is 1. The third-order valence-electron chi connectivity index (χ3n) is 3.60. The normalized spacial score (nSPS) is 20.1. The number of anilines is 1. The summed E-state index contributed by atoms with van der Waals surface area (Å²) in [6.07, 6.45) is -2.31. The Kier molecular flexibility index (Phi) is 4.32. The maximum absolute atomic E-state index is 12.8. The highest BCUT2D eigenvalue weighted by Gasteiger charge is 2.33. The molecule has 1 unspecified atom stereocenters. The van der Waals surface area contributed by atoms with Crippen LogP contribution in [0, 0.1) is 0 Å². The van der Waals surface area contributed by atoms with Crippen LogP contribution in [0.4, 0.5) is 18.9 Å². The summed E-state index contributed by atoms with van der Waals surface area (Å²) in [5.41, 5.74) is -0.987. The molecule has 0 aromatic heterocycles. The molecule has 1 saturated heterocycles. The summed E-state index contributed by atoms with van der Waals surface area (Å²) in [7, 11) is 1.93. The Morgan fingerprint density at radius 3 is 2.70 bits per heavy atom. The second kappa shape index (κ2) is 5.83. The van der Waals surface area contributed by atoms with Crippen LogP contribution in [-0.2, 0) is 11.0 Å². The van der Waals surface area contributed by atoms with Gasteiger partial charge in [0.15, 0.2) is 0 Å². The molecule has 1 aromatic rings. The first-order valence-electron chi connectivity index (χ1n) is 6.54. The number of halogens is 3. The van der Waals surface area contributed by atoms with Gasteiger partial charge in [0.2, 0.25) is 5.91 Å². The number of para-hydroxylation sites is 1. The summed E-state index contributed by atoms with van der Waals surface area (Å²) in [5, 5.41) is 2.38. The van der Waals surface area contributed by atoms with Crippen molar-refractivity contribution in [1.29, 1.82) is 0 Å². The Morgan fingerprint density at radius 1 is 1.40 bits per heavy atom. The number of rotatable bonds is 3. The van der Waals surface area contributed by atoms with Crippen molar-refractivity contribution in [2.75, 3.05) is 18.9 Å². The summed E-state index contributed by atoms with van der Waals surface area (Å²) in [6, 6.07) is 5.15. The standard InChI is InChI=1S/C14H17F3N2O/c1-19-8-4-5-10(19)9-13(20)18-12-7-3-2-6-11(12)14(15,16)17/h2-3,6-7,10H,4-5,8-9H2,1H3,(H,18,20). The first kappa shape index (κ1) is 14.8. The molecule has 1 fully saturated rings. The predicted molar refractivity (Wildman–Crippen MR) is 70.3 cm³/mol. The maximum Gasteiger partial charge on any atom is 0.418 e. The molecule has 1 aliphatic rings. The smallest absolute Gasteiger partial charge is 0.325 e. The summed E-state index contributed by atoms with van der Waals surface area (Å²) in [5.74, 6) is -0.375. The molecule has 1 N–H and O–H groups in total. The van der Waals surface area contributed by atoms with Crippen molar-refractivity contribution in [3.05, 3.63) is 29.8 Å². The fourth-order valence-electron chi connectivity index (χ4n) is 2.49. The number of hydrogen-bond donors (Lipinski definition) is 1. The number of benzene rings is 1. The lowest BCUT2D eigenvalue weighted by atomic mass is 10.1. The van der Waals surface area contributed by atoms with Crippen LogP contribution in [0.1, 0.15) is 24.8 Å². The van der Waals surface area contributed by atoms with Crippen molar-refractivity contribution < 1.29 is 18.0 Å². The highest BCUT2D eigenvalue weighted by molar-refractivity contribution is 5.92. The van der Waals surface area contributed by atoms with E-state index in [1.807, 2.05) is 7.05 Å². The minimum atomic E-state index is -4.46. The van der Waals surface area contributed by atoms with Gasteiger partial charge in [0, 0.05) is 12.5 Å².